The first-order chi connectivity index (χ1) is 16.2. The number of imide groups is 1. The van der Waals surface area contributed by atoms with E-state index in [0.717, 1.165) is 28.9 Å². The Morgan fingerprint density at radius 2 is 1.62 bits per heavy atom. The highest BCUT2D eigenvalue weighted by Crippen LogP contribution is 2.39. The van der Waals surface area contributed by atoms with E-state index in [4.69, 9.17) is 23.2 Å². The molecule has 2 aromatic rings. The van der Waals surface area contributed by atoms with Crippen LogP contribution in [0.4, 0.5) is 5.69 Å². The summed E-state index contributed by atoms with van der Waals surface area (Å²) in [4.78, 5) is 63.3. The smallest absolute Gasteiger partial charge is 0.273 e. The number of halogens is 2. The molecule has 2 aliphatic rings. The largest absolute Gasteiger partial charge is 0.292 e. The Balaban J connectivity index is 1.71. The maximum atomic E-state index is 13.5. The van der Waals surface area contributed by atoms with E-state index in [2.05, 4.69) is 0 Å². The first-order valence-corrected chi connectivity index (χ1v) is 11.4. The number of hydrazine groups is 1. The molecule has 0 spiro atoms. The lowest BCUT2D eigenvalue weighted by atomic mass is 9.81. The number of amides is 3. The molecule has 9 nitrogen and oxygen atoms in total. The molecule has 1 saturated heterocycles. The summed E-state index contributed by atoms with van der Waals surface area (Å²) in [5, 5.41) is 13.0. The van der Waals surface area contributed by atoms with Crippen LogP contribution in [0.2, 0.25) is 10.0 Å². The number of Topliss-reactive ketones (excluding diaryl/α,β-unsaturated/α-hetero) is 1. The lowest BCUT2D eigenvalue weighted by molar-refractivity contribution is -0.384. The molecule has 11 heteroatoms. The molecule has 0 aromatic heterocycles. The number of ketones is 1. The van der Waals surface area contributed by atoms with Crippen molar-refractivity contribution in [1.29, 1.82) is 0 Å². The average molecular weight is 504 g/mol. The number of carbonyl (C=O) groups is 4. The van der Waals surface area contributed by atoms with Crippen molar-refractivity contribution in [3.63, 3.8) is 0 Å². The van der Waals surface area contributed by atoms with Crippen LogP contribution in [-0.2, 0) is 9.59 Å². The molecule has 0 unspecified atom stereocenters. The monoisotopic (exact) mass is 503 g/mol. The van der Waals surface area contributed by atoms with Gasteiger partial charge in [-0.3, -0.25) is 29.3 Å². The Labute approximate surface area is 204 Å². The van der Waals surface area contributed by atoms with Crippen molar-refractivity contribution in [3.8, 4) is 0 Å². The fraction of sp³-hybridized carbons (Fsp3) is 0.304. The van der Waals surface area contributed by atoms with Crippen molar-refractivity contribution >= 4 is 52.4 Å². The summed E-state index contributed by atoms with van der Waals surface area (Å²) in [5.41, 5.74) is -0.304. The Hall–Kier alpha value is -3.30. The summed E-state index contributed by atoms with van der Waals surface area (Å²) in [6.45, 7) is -0.669. The van der Waals surface area contributed by atoms with Gasteiger partial charge in [-0.15, -0.1) is 0 Å². The molecule has 0 bridgehead atoms. The van der Waals surface area contributed by atoms with Crippen molar-refractivity contribution in [1.82, 2.24) is 10.0 Å². The van der Waals surface area contributed by atoms with E-state index in [1.807, 2.05) is 0 Å². The third-order valence-corrected chi connectivity index (χ3v) is 6.87. The zero-order valence-electron chi connectivity index (χ0n) is 17.8. The van der Waals surface area contributed by atoms with Crippen molar-refractivity contribution in [2.24, 2.45) is 11.8 Å². The summed E-state index contributed by atoms with van der Waals surface area (Å²) >= 11 is 12.0. The molecule has 2 atom stereocenters. The molecular weight excluding hydrogens is 485 g/mol. The van der Waals surface area contributed by atoms with Crippen molar-refractivity contribution in [2.75, 3.05) is 6.54 Å². The van der Waals surface area contributed by atoms with Crippen molar-refractivity contribution in [2.45, 2.75) is 25.7 Å². The van der Waals surface area contributed by atoms with E-state index in [9.17, 15) is 29.3 Å². The SMILES string of the molecule is O=C(CN(C(=O)c1ccc(Cl)c(Cl)c1)N1C(=O)[C@H]2CCCC[C@H]2C1=O)c1cccc([N+](=O)[O-])c1. The van der Waals surface area contributed by atoms with Crippen molar-refractivity contribution < 1.29 is 24.1 Å². The standard InChI is InChI=1S/C23H19Cl2N3O6/c24-18-9-8-14(11-19(18)25)21(30)26(12-20(29)13-4-3-5-15(10-13)28(33)34)27-22(31)16-6-1-2-7-17(16)23(27)32/h3-5,8-11,16-17H,1-2,6-7,12H2/t16-,17+. The van der Waals surface area contributed by atoms with Crippen LogP contribution in [0, 0.1) is 22.0 Å². The van der Waals surface area contributed by atoms with E-state index in [1.54, 1.807) is 0 Å². The average Bonchev–Trinajstić information content (AvgIpc) is 3.09. The highest BCUT2D eigenvalue weighted by atomic mass is 35.5. The zero-order valence-corrected chi connectivity index (χ0v) is 19.3. The van der Waals surface area contributed by atoms with E-state index in [-0.39, 0.29) is 26.9 Å². The molecular formula is C23H19Cl2N3O6. The Morgan fingerprint density at radius 1 is 0.971 bits per heavy atom. The van der Waals surface area contributed by atoms with Gasteiger partial charge in [0, 0.05) is 23.3 Å². The number of carbonyl (C=O) groups excluding carboxylic acids is 4. The van der Waals surface area contributed by atoms with Gasteiger partial charge in [-0.1, -0.05) is 48.2 Å². The zero-order chi connectivity index (χ0) is 24.6. The molecule has 176 valence electrons. The lowest BCUT2D eigenvalue weighted by Gasteiger charge is -2.30. The third-order valence-electron chi connectivity index (χ3n) is 6.13. The Morgan fingerprint density at radius 3 is 2.21 bits per heavy atom. The molecule has 2 fully saturated rings. The minimum Gasteiger partial charge on any atom is -0.292 e. The summed E-state index contributed by atoms with van der Waals surface area (Å²) in [7, 11) is 0. The van der Waals surface area contributed by atoms with Gasteiger partial charge in [0.2, 0.25) is 0 Å². The van der Waals surface area contributed by atoms with Gasteiger partial charge >= 0.3 is 0 Å². The van der Waals surface area contributed by atoms with Gasteiger partial charge in [-0.2, -0.15) is 5.01 Å². The molecule has 4 rings (SSSR count). The fourth-order valence-electron chi connectivity index (χ4n) is 4.41. The van der Waals surface area contributed by atoms with Crippen LogP contribution in [0.3, 0.4) is 0 Å². The summed E-state index contributed by atoms with van der Waals surface area (Å²) in [6.07, 6.45) is 2.64. The third kappa shape index (κ3) is 4.41. The van der Waals surface area contributed by atoms with Crippen LogP contribution >= 0.6 is 23.2 Å². The second-order valence-electron chi connectivity index (χ2n) is 8.21. The van der Waals surface area contributed by atoms with E-state index < -0.39 is 46.8 Å². The van der Waals surface area contributed by atoms with Gasteiger partial charge in [-0.05, 0) is 31.0 Å². The molecule has 1 aliphatic carbocycles. The number of rotatable bonds is 6. The number of benzene rings is 2. The maximum absolute atomic E-state index is 13.5. The highest BCUT2D eigenvalue weighted by molar-refractivity contribution is 6.42. The van der Waals surface area contributed by atoms with Crippen LogP contribution in [0.25, 0.3) is 0 Å². The van der Waals surface area contributed by atoms with Gasteiger partial charge in [0.05, 0.1) is 26.8 Å². The van der Waals surface area contributed by atoms with Crippen molar-refractivity contribution in [3.05, 3.63) is 73.8 Å². The van der Waals surface area contributed by atoms with E-state index >= 15 is 0 Å². The number of hydrogen-bond acceptors (Lipinski definition) is 6. The summed E-state index contributed by atoms with van der Waals surface area (Å²) < 4.78 is 0. The molecule has 1 heterocycles. The van der Waals surface area contributed by atoms with E-state index in [1.165, 1.54) is 36.4 Å². The number of nitro benzene ring substituents is 1. The Kier molecular flexibility index (Phi) is 6.67. The topological polar surface area (TPSA) is 118 Å². The minimum atomic E-state index is -0.794. The van der Waals surface area contributed by atoms with Gasteiger partial charge in [0.1, 0.15) is 6.54 Å². The Bertz CT molecular complexity index is 1190. The molecule has 0 radical (unpaired) electrons. The van der Waals surface area contributed by atoms with Gasteiger partial charge in [0.25, 0.3) is 23.4 Å². The molecule has 2 aromatic carbocycles. The molecule has 1 aliphatic heterocycles. The second kappa shape index (κ2) is 9.52. The number of hydrogen-bond donors (Lipinski definition) is 0. The quantitative estimate of drug-likeness (QED) is 0.250. The first kappa shape index (κ1) is 23.8. The summed E-state index contributed by atoms with van der Waals surface area (Å²) in [5.74, 6) is -3.62. The first-order valence-electron chi connectivity index (χ1n) is 10.6. The van der Waals surface area contributed by atoms with Crippen LogP contribution in [0.15, 0.2) is 42.5 Å². The second-order valence-corrected chi connectivity index (χ2v) is 9.02. The molecule has 3 amide bonds. The minimum absolute atomic E-state index is 0.0247. The maximum Gasteiger partial charge on any atom is 0.273 e. The lowest BCUT2D eigenvalue weighted by Crippen LogP contribution is -2.52. The highest BCUT2D eigenvalue weighted by Gasteiger charge is 2.51. The number of nitro groups is 1. The van der Waals surface area contributed by atoms with E-state index in [0.29, 0.717) is 12.8 Å². The van der Waals surface area contributed by atoms with Crippen LogP contribution in [-0.4, -0.2) is 45.0 Å². The number of fused-ring (bicyclic) bond motifs is 1. The normalized spacial score (nSPS) is 19.6. The molecule has 1 saturated carbocycles. The molecule has 34 heavy (non-hydrogen) atoms. The molecule has 0 N–H and O–H groups in total. The van der Waals surface area contributed by atoms with Gasteiger partial charge in [-0.25, -0.2) is 5.01 Å². The van der Waals surface area contributed by atoms with Crippen LogP contribution in [0.5, 0.6) is 0 Å². The predicted octanol–water partition coefficient (Wildman–Crippen LogP) is 4.32. The number of nitrogens with zero attached hydrogens (tertiary/aromatic N) is 3. The van der Waals surface area contributed by atoms with Gasteiger partial charge in [0.15, 0.2) is 5.78 Å². The predicted molar refractivity (Wildman–Crippen MR) is 122 cm³/mol. The van der Waals surface area contributed by atoms with Crippen LogP contribution < -0.4 is 0 Å². The van der Waals surface area contributed by atoms with Gasteiger partial charge < -0.3 is 0 Å². The summed E-state index contributed by atoms with van der Waals surface area (Å²) in [6, 6.07) is 9.08. The van der Waals surface area contributed by atoms with Crippen LogP contribution in [0.1, 0.15) is 46.4 Å². The fourth-order valence-corrected chi connectivity index (χ4v) is 4.71. The number of non-ortho nitro benzene ring substituents is 1.